The van der Waals surface area contributed by atoms with E-state index < -0.39 is 17.5 Å². The summed E-state index contributed by atoms with van der Waals surface area (Å²) in [5, 5.41) is 6.08. The van der Waals surface area contributed by atoms with Crippen LogP contribution < -0.4 is 16.4 Å². The maximum Gasteiger partial charge on any atom is 0.252 e. The summed E-state index contributed by atoms with van der Waals surface area (Å²) in [5.41, 5.74) is 7.19. The molecule has 1 amide bonds. The molecule has 2 aromatic carbocycles. The molecule has 0 saturated heterocycles. The third kappa shape index (κ3) is 4.32. The van der Waals surface area contributed by atoms with Gasteiger partial charge in [-0.3, -0.25) is 4.79 Å². The number of rotatable bonds is 6. The van der Waals surface area contributed by atoms with Gasteiger partial charge in [-0.25, -0.2) is 13.8 Å². The van der Waals surface area contributed by atoms with Crippen LogP contribution in [0.1, 0.15) is 15.9 Å². The van der Waals surface area contributed by atoms with Gasteiger partial charge in [0.15, 0.2) is 0 Å². The Bertz CT molecular complexity index is 912. The molecule has 3 aromatic rings. The molecule has 5 nitrogen and oxygen atoms in total. The van der Waals surface area contributed by atoms with Crippen LogP contribution in [0.15, 0.2) is 60.8 Å². The summed E-state index contributed by atoms with van der Waals surface area (Å²) < 4.78 is 26.6. The van der Waals surface area contributed by atoms with Crippen LogP contribution in [-0.4, -0.2) is 10.9 Å². The molecule has 1 heterocycles. The molecular formula is C19H16F2N4O. The van der Waals surface area contributed by atoms with Crippen molar-refractivity contribution in [1.82, 2.24) is 4.98 Å². The molecule has 1 aromatic heterocycles. The number of nitrogens with one attached hydrogen (secondary N) is 2. The normalized spacial score (nSPS) is 10.4. The summed E-state index contributed by atoms with van der Waals surface area (Å²) in [6, 6.07) is 14.2. The number of halogens is 2. The van der Waals surface area contributed by atoms with Crippen molar-refractivity contribution in [2.24, 2.45) is 5.73 Å². The van der Waals surface area contributed by atoms with Crippen molar-refractivity contribution < 1.29 is 13.6 Å². The van der Waals surface area contributed by atoms with E-state index >= 15 is 0 Å². The summed E-state index contributed by atoms with van der Waals surface area (Å²) in [7, 11) is 0. The first-order chi connectivity index (χ1) is 12.5. The van der Waals surface area contributed by atoms with Gasteiger partial charge in [0.1, 0.15) is 17.5 Å². The van der Waals surface area contributed by atoms with E-state index in [1.165, 1.54) is 18.3 Å². The highest BCUT2D eigenvalue weighted by Gasteiger charge is 2.11. The van der Waals surface area contributed by atoms with Gasteiger partial charge in [-0.15, -0.1) is 0 Å². The second-order valence-corrected chi connectivity index (χ2v) is 5.60. The van der Waals surface area contributed by atoms with Crippen molar-refractivity contribution >= 4 is 23.1 Å². The van der Waals surface area contributed by atoms with Gasteiger partial charge in [0, 0.05) is 30.6 Å². The first-order valence-corrected chi connectivity index (χ1v) is 7.82. The molecule has 0 saturated carbocycles. The Morgan fingerprint density at radius 2 is 1.73 bits per heavy atom. The van der Waals surface area contributed by atoms with Crippen LogP contribution in [-0.2, 0) is 6.54 Å². The number of para-hydroxylation sites is 1. The monoisotopic (exact) mass is 354 g/mol. The number of pyridine rings is 1. The molecule has 0 radical (unpaired) electrons. The van der Waals surface area contributed by atoms with Crippen LogP contribution in [0.5, 0.6) is 0 Å². The van der Waals surface area contributed by atoms with Gasteiger partial charge in [-0.2, -0.15) is 0 Å². The summed E-state index contributed by atoms with van der Waals surface area (Å²) in [6.45, 7) is 0.115. The lowest BCUT2D eigenvalue weighted by Crippen LogP contribution is -2.15. The molecule has 0 spiro atoms. The highest BCUT2D eigenvalue weighted by molar-refractivity contribution is 5.98. The van der Waals surface area contributed by atoms with E-state index in [1.54, 1.807) is 6.07 Å². The predicted octanol–water partition coefficient (Wildman–Crippen LogP) is 3.81. The van der Waals surface area contributed by atoms with Gasteiger partial charge in [0.2, 0.25) is 0 Å². The molecule has 0 aliphatic carbocycles. The molecule has 7 heteroatoms. The van der Waals surface area contributed by atoms with Gasteiger partial charge < -0.3 is 16.4 Å². The Kier molecular flexibility index (Phi) is 5.07. The third-order valence-electron chi connectivity index (χ3n) is 3.62. The zero-order chi connectivity index (χ0) is 18.5. The highest BCUT2D eigenvalue weighted by Crippen LogP contribution is 2.22. The Morgan fingerprint density at radius 3 is 2.38 bits per heavy atom. The largest absolute Gasteiger partial charge is 0.380 e. The molecule has 0 bridgehead atoms. The van der Waals surface area contributed by atoms with E-state index in [0.29, 0.717) is 17.1 Å². The van der Waals surface area contributed by atoms with E-state index in [0.717, 1.165) is 11.8 Å². The first-order valence-electron chi connectivity index (χ1n) is 7.82. The summed E-state index contributed by atoms with van der Waals surface area (Å²) >= 11 is 0. The molecule has 0 unspecified atom stereocenters. The van der Waals surface area contributed by atoms with Crippen LogP contribution in [0.25, 0.3) is 0 Å². The Balaban J connectivity index is 1.83. The Labute approximate surface area is 148 Å². The molecule has 0 atom stereocenters. The van der Waals surface area contributed by atoms with Gasteiger partial charge in [-0.05, 0) is 29.8 Å². The van der Waals surface area contributed by atoms with Gasteiger partial charge >= 0.3 is 0 Å². The maximum atomic E-state index is 13.3. The molecule has 0 fully saturated rings. The molecule has 4 N–H and O–H groups in total. The molecule has 0 aliphatic rings. The zero-order valence-corrected chi connectivity index (χ0v) is 13.7. The van der Waals surface area contributed by atoms with Crippen molar-refractivity contribution in [2.45, 2.75) is 6.54 Å². The first kappa shape index (κ1) is 17.3. The number of amides is 1. The minimum atomic E-state index is -0.668. The fourth-order valence-corrected chi connectivity index (χ4v) is 2.45. The van der Waals surface area contributed by atoms with E-state index in [1.807, 2.05) is 30.3 Å². The summed E-state index contributed by atoms with van der Waals surface area (Å²) in [5.74, 6) is -1.50. The van der Waals surface area contributed by atoms with E-state index in [9.17, 15) is 13.6 Å². The number of nitrogens with two attached hydrogens (primary N) is 1. The van der Waals surface area contributed by atoms with Gasteiger partial charge in [0.25, 0.3) is 5.91 Å². The minimum absolute atomic E-state index is 0.115. The van der Waals surface area contributed by atoms with Crippen LogP contribution in [0.4, 0.5) is 26.0 Å². The molecule has 3 rings (SSSR count). The SMILES string of the molecule is NC(=O)c1cnc(Nc2ccccc2)cc1NCc1cc(F)cc(F)c1. The number of primary amides is 1. The van der Waals surface area contributed by atoms with Crippen molar-refractivity contribution in [3.8, 4) is 0 Å². The lowest BCUT2D eigenvalue weighted by Gasteiger charge is -2.13. The summed E-state index contributed by atoms with van der Waals surface area (Å²) in [6.07, 6.45) is 1.35. The topological polar surface area (TPSA) is 80.0 Å². The molecule has 26 heavy (non-hydrogen) atoms. The standard InChI is InChI=1S/C19H16F2N4O/c20-13-6-12(7-14(21)8-13)10-23-17-9-18(24-11-16(17)19(22)26)25-15-4-2-1-3-5-15/h1-9,11H,10H2,(H2,22,26)(H2,23,24,25). The van der Waals surface area contributed by atoms with Crippen molar-refractivity contribution in [1.29, 1.82) is 0 Å². The molecular weight excluding hydrogens is 338 g/mol. The van der Waals surface area contributed by atoms with Crippen molar-refractivity contribution in [3.63, 3.8) is 0 Å². The van der Waals surface area contributed by atoms with Crippen molar-refractivity contribution in [2.75, 3.05) is 10.6 Å². The quantitative estimate of drug-likeness (QED) is 0.629. The van der Waals surface area contributed by atoms with Crippen LogP contribution in [0.2, 0.25) is 0 Å². The van der Waals surface area contributed by atoms with Crippen molar-refractivity contribution in [3.05, 3.63) is 83.6 Å². The summed E-state index contributed by atoms with van der Waals surface area (Å²) in [4.78, 5) is 15.8. The van der Waals surface area contributed by atoms with Crippen LogP contribution in [0.3, 0.4) is 0 Å². The fourth-order valence-electron chi connectivity index (χ4n) is 2.45. The average molecular weight is 354 g/mol. The van der Waals surface area contributed by atoms with Gasteiger partial charge in [0.05, 0.1) is 11.3 Å². The zero-order valence-electron chi connectivity index (χ0n) is 13.7. The van der Waals surface area contributed by atoms with E-state index in [-0.39, 0.29) is 12.1 Å². The van der Waals surface area contributed by atoms with Gasteiger partial charge in [-0.1, -0.05) is 18.2 Å². The predicted molar refractivity (Wildman–Crippen MR) is 96.2 cm³/mol. The molecule has 132 valence electrons. The second kappa shape index (κ2) is 7.60. The number of anilines is 3. The van der Waals surface area contributed by atoms with E-state index in [4.69, 9.17) is 5.73 Å². The number of hydrogen-bond donors (Lipinski definition) is 3. The fraction of sp³-hybridized carbons (Fsp3) is 0.0526. The third-order valence-corrected chi connectivity index (χ3v) is 3.62. The average Bonchev–Trinajstić information content (AvgIpc) is 2.60. The second-order valence-electron chi connectivity index (χ2n) is 5.60. The molecule has 0 aliphatic heterocycles. The number of nitrogens with zero attached hydrogens (tertiary/aromatic N) is 1. The number of hydrogen-bond acceptors (Lipinski definition) is 4. The Hall–Kier alpha value is -3.48. The lowest BCUT2D eigenvalue weighted by molar-refractivity contribution is 0.100. The van der Waals surface area contributed by atoms with Crippen LogP contribution in [0, 0.1) is 11.6 Å². The number of carbonyl (C=O) groups excluding carboxylic acids is 1. The maximum absolute atomic E-state index is 13.3. The Morgan fingerprint density at radius 1 is 1.04 bits per heavy atom. The number of carbonyl (C=O) groups is 1. The smallest absolute Gasteiger partial charge is 0.252 e. The highest BCUT2D eigenvalue weighted by atomic mass is 19.1. The number of benzene rings is 2. The minimum Gasteiger partial charge on any atom is -0.380 e. The number of aromatic nitrogens is 1. The van der Waals surface area contributed by atoms with Crippen LogP contribution >= 0.6 is 0 Å². The van der Waals surface area contributed by atoms with E-state index in [2.05, 4.69) is 15.6 Å². The lowest BCUT2D eigenvalue weighted by atomic mass is 10.1.